The van der Waals surface area contributed by atoms with Gasteiger partial charge in [0.25, 0.3) is 0 Å². The quantitative estimate of drug-likeness (QED) is 0.802. The molecule has 0 amide bonds. The SMILES string of the molecule is COc1cccc([C@H](C)NCc2ccc(I)cc2)c1. The van der Waals surface area contributed by atoms with Crippen molar-refractivity contribution in [3.05, 3.63) is 63.2 Å². The Labute approximate surface area is 128 Å². The Morgan fingerprint density at radius 1 is 1.16 bits per heavy atom. The Kier molecular flexibility index (Phi) is 5.22. The third-order valence-electron chi connectivity index (χ3n) is 3.12. The molecule has 1 N–H and O–H groups in total. The zero-order chi connectivity index (χ0) is 13.7. The second kappa shape index (κ2) is 6.91. The number of halogens is 1. The van der Waals surface area contributed by atoms with Crippen LogP contribution in [0.1, 0.15) is 24.1 Å². The van der Waals surface area contributed by atoms with Gasteiger partial charge in [0.1, 0.15) is 5.75 Å². The van der Waals surface area contributed by atoms with E-state index in [1.165, 1.54) is 14.7 Å². The van der Waals surface area contributed by atoms with E-state index >= 15 is 0 Å². The molecule has 0 aliphatic carbocycles. The average Bonchev–Trinajstić information content (AvgIpc) is 2.46. The molecule has 19 heavy (non-hydrogen) atoms. The van der Waals surface area contributed by atoms with Crippen LogP contribution in [0.4, 0.5) is 0 Å². The summed E-state index contributed by atoms with van der Waals surface area (Å²) in [5, 5.41) is 3.53. The molecular formula is C16H18INO. The lowest BCUT2D eigenvalue weighted by Crippen LogP contribution is -2.18. The molecule has 2 aromatic rings. The maximum absolute atomic E-state index is 5.25. The Balaban J connectivity index is 1.96. The molecule has 0 aliphatic heterocycles. The number of nitrogens with one attached hydrogen (secondary N) is 1. The van der Waals surface area contributed by atoms with Gasteiger partial charge in [-0.15, -0.1) is 0 Å². The molecule has 3 heteroatoms. The van der Waals surface area contributed by atoms with Crippen LogP contribution in [0.3, 0.4) is 0 Å². The molecule has 2 nitrogen and oxygen atoms in total. The third kappa shape index (κ3) is 4.21. The molecule has 2 aromatic carbocycles. The summed E-state index contributed by atoms with van der Waals surface area (Å²) in [5.41, 5.74) is 2.54. The summed E-state index contributed by atoms with van der Waals surface area (Å²) >= 11 is 2.32. The highest BCUT2D eigenvalue weighted by atomic mass is 127. The van der Waals surface area contributed by atoms with E-state index in [0.717, 1.165) is 12.3 Å². The van der Waals surface area contributed by atoms with Gasteiger partial charge in [-0.3, -0.25) is 0 Å². The average molecular weight is 367 g/mol. The molecule has 0 saturated carbocycles. The van der Waals surface area contributed by atoms with Gasteiger partial charge in [0.15, 0.2) is 0 Å². The lowest BCUT2D eigenvalue weighted by atomic mass is 10.1. The number of ether oxygens (including phenoxy) is 1. The lowest BCUT2D eigenvalue weighted by Gasteiger charge is -2.15. The van der Waals surface area contributed by atoms with E-state index in [2.05, 4.69) is 71.2 Å². The summed E-state index contributed by atoms with van der Waals surface area (Å²) in [7, 11) is 1.70. The molecule has 0 unspecified atom stereocenters. The summed E-state index contributed by atoms with van der Waals surface area (Å²) in [6.45, 7) is 3.04. The number of benzene rings is 2. The van der Waals surface area contributed by atoms with Gasteiger partial charge in [-0.1, -0.05) is 24.3 Å². The highest BCUT2D eigenvalue weighted by molar-refractivity contribution is 14.1. The smallest absolute Gasteiger partial charge is 0.119 e. The van der Waals surface area contributed by atoms with Gasteiger partial charge in [-0.25, -0.2) is 0 Å². The number of hydrogen-bond donors (Lipinski definition) is 1. The standard InChI is InChI=1S/C16H18INO/c1-12(14-4-3-5-16(10-14)19-2)18-11-13-6-8-15(17)9-7-13/h3-10,12,18H,11H2,1-2H3/t12-/m0/s1. The van der Waals surface area contributed by atoms with Gasteiger partial charge in [0.05, 0.1) is 7.11 Å². The molecule has 0 aliphatic rings. The van der Waals surface area contributed by atoms with E-state index in [0.29, 0.717) is 6.04 Å². The van der Waals surface area contributed by atoms with E-state index in [-0.39, 0.29) is 0 Å². The lowest BCUT2D eigenvalue weighted by molar-refractivity contribution is 0.413. The molecule has 0 heterocycles. The fraction of sp³-hybridized carbons (Fsp3) is 0.250. The van der Waals surface area contributed by atoms with Crippen LogP contribution >= 0.6 is 22.6 Å². The Hall–Kier alpha value is -1.07. The van der Waals surface area contributed by atoms with Crippen molar-refractivity contribution in [3.63, 3.8) is 0 Å². The summed E-state index contributed by atoms with van der Waals surface area (Å²) in [6, 6.07) is 17.1. The van der Waals surface area contributed by atoms with Crippen LogP contribution < -0.4 is 10.1 Å². The summed E-state index contributed by atoms with van der Waals surface area (Å²) in [5.74, 6) is 0.903. The highest BCUT2D eigenvalue weighted by Crippen LogP contribution is 2.19. The predicted molar refractivity (Wildman–Crippen MR) is 87.4 cm³/mol. The van der Waals surface area contributed by atoms with E-state index in [4.69, 9.17) is 4.74 Å². The van der Waals surface area contributed by atoms with Crippen LogP contribution in [0.25, 0.3) is 0 Å². The van der Waals surface area contributed by atoms with Crippen molar-refractivity contribution in [1.82, 2.24) is 5.32 Å². The maximum atomic E-state index is 5.25. The molecule has 0 fully saturated rings. The maximum Gasteiger partial charge on any atom is 0.119 e. The van der Waals surface area contributed by atoms with Crippen molar-refractivity contribution < 1.29 is 4.74 Å². The van der Waals surface area contributed by atoms with Gasteiger partial charge in [0.2, 0.25) is 0 Å². The minimum Gasteiger partial charge on any atom is -0.497 e. The molecule has 100 valence electrons. The molecule has 0 radical (unpaired) electrons. The van der Waals surface area contributed by atoms with Crippen LogP contribution in [-0.2, 0) is 6.54 Å². The molecule has 0 aromatic heterocycles. The largest absolute Gasteiger partial charge is 0.497 e. The number of hydrogen-bond acceptors (Lipinski definition) is 2. The summed E-state index contributed by atoms with van der Waals surface area (Å²) < 4.78 is 6.52. The molecular weight excluding hydrogens is 349 g/mol. The van der Waals surface area contributed by atoms with E-state index < -0.39 is 0 Å². The van der Waals surface area contributed by atoms with Crippen molar-refractivity contribution in [1.29, 1.82) is 0 Å². The van der Waals surface area contributed by atoms with Gasteiger partial charge < -0.3 is 10.1 Å². The molecule has 1 atom stereocenters. The van der Waals surface area contributed by atoms with Gasteiger partial charge in [-0.05, 0) is 64.9 Å². The predicted octanol–water partition coefficient (Wildman–Crippen LogP) is 4.15. The minimum absolute atomic E-state index is 0.300. The minimum atomic E-state index is 0.300. The monoisotopic (exact) mass is 367 g/mol. The van der Waals surface area contributed by atoms with Crippen molar-refractivity contribution >= 4 is 22.6 Å². The fourth-order valence-corrected chi connectivity index (χ4v) is 2.26. The highest BCUT2D eigenvalue weighted by Gasteiger charge is 2.05. The van der Waals surface area contributed by atoms with Crippen molar-refractivity contribution in [2.24, 2.45) is 0 Å². The first-order chi connectivity index (χ1) is 9.19. The van der Waals surface area contributed by atoms with E-state index in [1.807, 2.05) is 12.1 Å². The first-order valence-electron chi connectivity index (χ1n) is 6.31. The van der Waals surface area contributed by atoms with Gasteiger partial charge >= 0.3 is 0 Å². The zero-order valence-corrected chi connectivity index (χ0v) is 13.3. The van der Waals surface area contributed by atoms with Crippen LogP contribution in [0.15, 0.2) is 48.5 Å². The zero-order valence-electron chi connectivity index (χ0n) is 11.2. The van der Waals surface area contributed by atoms with E-state index in [1.54, 1.807) is 7.11 Å². The first kappa shape index (κ1) is 14.3. The summed E-state index contributed by atoms with van der Waals surface area (Å²) in [4.78, 5) is 0. The van der Waals surface area contributed by atoms with Crippen molar-refractivity contribution in [3.8, 4) is 5.75 Å². The van der Waals surface area contributed by atoms with Crippen LogP contribution in [0.5, 0.6) is 5.75 Å². The number of rotatable bonds is 5. The van der Waals surface area contributed by atoms with E-state index in [9.17, 15) is 0 Å². The Bertz CT molecular complexity index is 525. The molecule has 0 spiro atoms. The van der Waals surface area contributed by atoms with Crippen molar-refractivity contribution in [2.45, 2.75) is 19.5 Å². The van der Waals surface area contributed by atoms with Crippen LogP contribution in [0, 0.1) is 3.57 Å². The number of methoxy groups -OCH3 is 1. The second-order valence-electron chi connectivity index (χ2n) is 4.51. The Morgan fingerprint density at radius 3 is 2.58 bits per heavy atom. The topological polar surface area (TPSA) is 21.3 Å². The Morgan fingerprint density at radius 2 is 1.89 bits per heavy atom. The van der Waals surface area contributed by atoms with Crippen LogP contribution in [-0.4, -0.2) is 7.11 Å². The van der Waals surface area contributed by atoms with Crippen LogP contribution in [0.2, 0.25) is 0 Å². The van der Waals surface area contributed by atoms with Crippen molar-refractivity contribution in [2.75, 3.05) is 7.11 Å². The molecule has 2 rings (SSSR count). The normalized spacial score (nSPS) is 12.2. The molecule has 0 bridgehead atoms. The molecule has 0 saturated heterocycles. The third-order valence-corrected chi connectivity index (χ3v) is 3.84. The summed E-state index contributed by atoms with van der Waals surface area (Å²) in [6.07, 6.45) is 0. The van der Waals surface area contributed by atoms with Gasteiger partial charge in [-0.2, -0.15) is 0 Å². The van der Waals surface area contributed by atoms with Gasteiger partial charge in [0, 0.05) is 16.2 Å². The first-order valence-corrected chi connectivity index (χ1v) is 7.38. The fourth-order valence-electron chi connectivity index (χ4n) is 1.90. The second-order valence-corrected chi connectivity index (χ2v) is 5.75.